The first kappa shape index (κ1) is 19.2. The largest absolute Gasteiger partial charge is 0.469 e. The van der Waals surface area contributed by atoms with Gasteiger partial charge in [0.05, 0.1) is 25.0 Å². The summed E-state index contributed by atoms with van der Waals surface area (Å²) < 4.78 is 4.56. The number of allylic oxidation sites excluding steroid dienone is 1. The Hall–Kier alpha value is -2.09. The van der Waals surface area contributed by atoms with E-state index in [1.54, 1.807) is 0 Å². The first-order valence-corrected chi connectivity index (χ1v) is 9.30. The zero-order valence-electron chi connectivity index (χ0n) is 14.3. The van der Waals surface area contributed by atoms with Crippen molar-refractivity contribution in [3.05, 3.63) is 33.8 Å². The van der Waals surface area contributed by atoms with Crippen LogP contribution >= 0.6 is 11.8 Å². The fraction of sp³-hybridized carbons (Fsp3) is 0.529. The zero-order chi connectivity index (χ0) is 18.1. The van der Waals surface area contributed by atoms with Gasteiger partial charge in [0, 0.05) is 12.6 Å². The summed E-state index contributed by atoms with van der Waals surface area (Å²) in [6.45, 7) is 0.623. The number of amides is 1. The number of hydrogen-bond acceptors (Lipinski definition) is 6. The molecule has 1 aliphatic rings. The van der Waals surface area contributed by atoms with Crippen LogP contribution in [0.4, 0.5) is 0 Å². The molecule has 0 atom stereocenters. The number of carbonyl (C=O) groups is 2. The van der Waals surface area contributed by atoms with Crippen molar-refractivity contribution in [3.8, 4) is 0 Å². The highest BCUT2D eigenvalue weighted by Gasteiger charge is 2.10. The molecule has 1 aliphatic carbocycles. The standard InChI is InChI=1S/C17H23N3O4S/c1-24-16(23)10-13-9-14(21)20-17(19-13)25-11-15(22)18-8-7-12-5-3-2-4-6-12/h5,9H,2-4,6-8,10-11H2,1H3,(H,18,22)(H,19,20,21). The lowest BCUT2D eigenvalue weighted by atomic mass is 9.97. The Morgan fingerprint density at radius 1 is 1.40 bits per heavy atom. The summed E-state index contributed by atoms with van der Waals surface area (Å²) in [5.41, 5.74) is 1.38. The maximum absolute atomic E-state index is 11.9. The summed E-state index contributed by atoms with van der Waals surface area (Å²) in [4.78, 5) is 41.5. The van der Waals surface area contributed by atoms with Gasteiger partial charge in [0.25, 0.3) is 5.56 Å². The molecule has 2 N–H and O–H groups in total. The molecule has 2 rings (SSSR count). The van der Waals surface area contributed by atoms with Gasteiger partial charge in [-0.15, -0.1) is 0 Å². The van der Waals surface area contributed by atoms with Gasteiger partial charge in [0.15, 0.2) is 5.16 Å². The van der Waals surface area contributed by atoms with Crippen LogP contribution in [-0.4, -0.2) is 41.3 Å². The Kier molecular flexibility index (Phi) is 7.72. The van der Waals surface area contributed by atoms with Gasteiger partial charge < -0.3 is 15.0 Å². The van der Waals surface area contributed by atoms with Gasteiger partial charge in [0.2, 0.25) is 5.91 Å². The summed E-state index contributed by atoms with van der Waals surface area (Å²) in [6.07, 6.45) is 7.84. The van der Waals surface area contributed by atoms with Crippen LogP contribution in [0.5, 0.6) is 0 Å². The number of nitrogens with zero attached hydrogens (tertiary/aromatic N) is 1. The van der Waals surface area contributed by atoms with E-state index < -0.39 is 5.97 Å². The molecule has 136 valence electrons. The molecular weight excluding hydrogens is 342 g/mol. The molecule has 0 saturated carbocycles. The quantitative estimate of drug-likeness (QED) is 0.314. The lowest BCUT2D eigenvalue weighted by Crippen LogP contribution is -2.26. The van der Waals surface area contributed by atoms with Gasteiger partial charge in [0.1, 0.15) is 0 Å². The number of aromatic amines is 1. The summed E-state index contributed by atoms with van der Waals surface area (Å²) in [7, 11) is 1.28. The molecular formula is C17H23N3O4S. The van der Waals surface area contributed by atoms with Crippen molar-refractivity contribution in [1.29, 1.82) is 0 Å². The van der Waals surface area contributed by atoms with E-state index in [1.807, 2.05) is 0 Å². The fourth-order valence-electron chi connectivity index (χ4n) is 2.54. The molecule has 1 aromatic rings. The van der Waals surface area contributed by atoms with Crippen LogP contribution in [0.15, 0.2) is 27.7 Å². The average Bonchev–Trinajstić information content (AvgIpc) is 2.60. The van der Waals surface area contributed by atoms with Gasteiger partial charge in [-0.1, -0.05) is 23.4 Å². The topological polar surface area (TPSA) is 101 Å². The van der Waals surface area contributed by atoms with Crippen molar-refractivity contribution in [3.63, 3.8) is 0 Å². The number of esters is 1. The minimum absolute atomic E-state index is 0.0741. The van der Waals surface area contributed by atoms with E-state index in [0.29, 0.717) is 17.4 Å². The molecule has 0 spiro atoms. The molecule has 0 saturated heterocycles. The van der Waals surface area contributed by atoms with Crippen molar-refractivity contribution in [2.75, 3.05) is 19.4 Å². The van der Waals surface area contributed by atoms with E-state index >= 15 is 0 Å². The third kappa shape index (κ3) is 7.13. The molecule has 0 aromatic carbocycles. The molecule has 0 aliphatic heterocycles. The first-order valence-electron chi connectivity index (χ1n) is 8.31. The molecule has 1 heterocycles. The predicted octanol–water partition coefficient (Wildman–Crippen LogP) is 1.58. The third-order valence-corrected chi connectivity index (χ3v) is 4.69. The Balaban J connectivity index is 1.77. The van der Waals surface area contributed by atoms with Crippen molar-refractivity contribution in [2.45, 2.75) is 43.7 Å². The maximum atomic E-state index is 11.9. The van der Waals surface area contributed by atoms with E-state index in [1.165, 1.54) is 31.6 Å². The molecule has 25 heavy (non-hydrogen) atoms. The van der Waals surface area contributed by atoms with Gasteiger partial charge >= 0.3 is 5.97 Å². The van der Waals surface area contributed by atoms with Crippen LogP contribution in [-0.2, 0) is 20.7 Å². The average molecular weight is 365 g/mol. The normalized spacial score (nSPS) is 13.9. The van der Waals surface area contributed by atoms with E-state index in [-0.39, 0.29) is 23.6 Å². The van der Waals surface area contributed by atoms with E-state index in [4.69, 9.17) is 0 Å². The van der Waals surface area contributed by atoms with Gasteiger partial charge in [-0.05, 0) is 32.1 Å². The summed E-state index contributed by atoms with van der Waals surface area (Å²) in [5.74, 6) is -0.421. The third-order valence-electron chi connectivity index (χ3n) is 3.82. The monoisotopic (exact) mass is 365 g/mol. The highest BCUT2D eigenvalue weighted by molar-refractivity contribution is 7.99. The van der Waals surface area contributed by atoms with Crippen LogP contribution in [0.25, 0.3) is 0 Å². The number of H-pyrrole nitrogens is 1. The van der Waals surface area contributed by atoms with Crippen molar-refractivity contribution < 1.29 is 14.3 Å². The highest BCUT2D eigenvalue weighted by Crippen LogP contribution is 2.19. The van der Waals surface area contributed by atoms with E-state index in [9.17, 15) is 14.4 Å². The fourth-order valence-corrected chi connectivity index (χ4v) is 3.27. The van der Waals surface area contributed by atoms with Crippen molar-refractivity contribution in [2.24, 2.45) is 0 Å². The Morgan fingerprint density at radius 3 is 2.96 bits per heavy atom. The Bertz CT molecular complexity index is 699. The van der Waals surface area contributed by atoms with Crippen molar-refractivity contribution >= 4 is 23.6 Å². The van der Waals surface area contributed by atoms with E-state index in [0.717, 1.165) is 31.0 Å². The van der Waals surface area contributed by atoms with E-state index in [2.05, 4.69) is 26.1 Å². The number of rotatable bonds is 8. The molecule has 0 fully saturated rings. The van der Waals surface area contributed by atoms with Crippen molar-refractivity contribution in [1.82, 2.24) is 15.3 Å². The van der Waals surface area contributed by atoms with Gasteiger partial charge in [-0.2, -0.15) is 0 Å². The molecule has 0 unspecified atom stereocenters. The van der Waals surface area contributed by atoms with Crippen LogP contribution in [0.3, 0.4) is 0 Å². The second-order valence-corrected chi connectivity index (χ2v) is 6.76. The minimum atomic E-state index is -0.469. The molecule has 7 nitrogen and oxygen atoms in total. The number of aromatic nitrogens is 2. The van der Waals surface area contributed by atoms with Gasteiger partial charge in [-0.3, -0.25) is 14.4 Å². The summed E-state index contributed by atoms with van der Waals surface area (Å²) in [5, 5.41) is 3.19. The van der Waals surface area contributed by atoms with Crippen LogP contribution in [0.1, 0.15) is 37.8 Å². The highest BCUT2D eigenvalue weighted by atomic mass is 32.2. The predicted molar refractivity (Wildman–Crippen MR) is 95.5 cm³/mol. The summed E-state index contributed by atoms with van der Waals surface area (Å²) in [6, 6.07) is 1.25. The first-order chi connectivity index (χ1) is 12.1. The van der Waals surface area contributed by atoms with Gasteiger partial charge in [-0.25, -0.2) is 4.98 Å². The lowest BCUT2D eigenvalue weighted by molar-refractivity contribution is -0.139. The maximum Gasteiger partial charge on any atom is 0.311 e. The zero-order valence-corrected chi connectivity index (χ0v) is 15.1. The summed E-state index contributed by atoms with van der Waals surface area (Å²) >= 11 is 1.13. The minimum Gasteiger partial charge on any atom is -0.469 e. The molecule has 8 heteroatoms. The number of carbonyl (C=O) groups excluding carboxylic acids is 2. The Morgan fingerprint density at radius 2 is 2.24 bits per heavy atom. The number of methoxy groups -OCH3 is 1. The smallest absolute Gasteiger partial charge is 0.311 e. The van der Waals surface area contributed by atoms with Crippen LogP contribution < -0.4 is 10.9 Å². The molecule has 1 aromatic heterocycles. The SMILES string of the molecule is COC(=O)Cc1cc(=O)[nH]c(SCC(=O)NCCC2=CCCCC2)n1. The molecule has 0 radical (unpaired) electrons. The molecule has 1 amide bonds. The molecule has 0 bridgehead atoms. The lowest BCUT2D eigenvalue weighted by Gasteiger charge is -2.12. The van der Waals surface area contributed by atoms with Crippen LogP contribution in [0, 0.1) is 0 Å². The Labute approximate surface area is 150 Å². The second kappa shape index (κ2) is 10.0. The second-order valence-electron chi connectivity index (χ2n) is 5.79. The number of nitrogens with one attached hydrogen (secondary N) is 2. The number of thioether (sulfide) groups is 1. The number of hydrogen-bond donors (Lipinski definition) is 2. The van der Waals surface area contributed by atoms with Crippen LogP contribution in [0.2, 0.25) is 0 Å². The number of ether oxygens (including phenoxy) is 1.